The summed E-state index contributed by atoms with van der Waals surface area (Å²) in [6.45, 7) is 0. The summed E-state index contributed by atoms with van der Waals surface area (Å²) < 4.78 is 59.2. The Bertz CT molecular complexity index is 491. The minimum Gasteiger partial charge on any atom is -0.223 e. The average molecular weight is 280 g/mol. The molecule has 0 aliphatic carbocycles. The Labute approximate surface area is 92.2 Å². The molecule has 9 heteroatoms. The summed E-state index contributed by atoms with van der Waals surface area (Å²) in [4.78, 5) is 3.05. The van der Waals surface area contributed by atoms with Gasteiger partial charge in [0.15, 0.2) is 5.03 Å². The van der Waals surface area contributed by atoms with Crippen LogP contribution in [0.1, 0.15) is 12.0 Å². The molecule has 0 bridgehead atoms. The molecule has 0 aliphatic rings. The summed E-state index contributed by atoms with van der Waals surface area (Å²) in [6.07, 6.45) is -3.35. The SMILES string of the molecule is O=S(=O)(Cl)c1nc(Cl)cc(F)c1C(F)F. The van der Waals surface area contributed by atoms with E-state index in [4.69, 9.17) is 22.3 Å². The van der Waals surface area contributed by atoms with E-state index >= 15 is 0 Å². The quantitative estimate of drug-likeness (QED) is 0.618. The average Bonchev–Trinajstić information content (AvgIpc) is 1.99. The highest BCUT2D eigenvalue weighted by Crippen LogP contribution is 2.31. The van der Waals surface area contributed by atoms with Crippen molar-refractivity contribution in [3.63, 3.8) is 0 Å². The van der Waals surface area contributed by atoms with Gasteiger partial charge in [0.05, 0.1) is 5.56 Å². The molecule has 15 heavy (non-hydrogen) atoms. The number of alkyl halides is 2. The number of rotatable bonds is 2. The monoisotopic (exact) mass is 279 g/mol. The van der Waals surface area contributed by atoms with Gasteiger partial charge in [-0.2, -0.15) is 0 Å². The Hall–Kier alpha value is -0.530. The topological polar surface area (TPSA) is 47.0 Å². The van der Waals surface area contributed by atoms with Gasteiger partial charge in [0.1, 0.15) is 11.0 Å². The predicted octanol–water partition coefficient (Wildman–Crippen LogP) is 2.74. The van der Waals surface area contributed by atoms with Crippen molar-refractivity contribution in [1.82, 2.24) is 4.98 Å². The van der Waals surface area contributed by atoms with Crippen molar-refractivity contribution in [3.8, 4) is 0 Å². The highest BCUT2D eigenvalue weighted by atomic mass is 35.7. The van der Waals surface area contributed by atoms with Crippen molar-refractivity contribution in [2.24, 2.45) is 0 Å². The molecule has 0 saturated carbocycles. The van der Waals surface area contributed by atoms with Gasteiger partial charge in [0.2, 0.25) is 0 Å². The highest BCUT2D eigenvalue weighted by molar-refractivity contribution is 8.13. The molecule has 0 unspecified atom stereocenters. The van der Waals surface area contributed by atoms with Crippen LogP contribution in [-0.2, 0) is 9.05 Å². The fourth-order valence-corrected chi connectivity index (χ4v) is 2.10. The lowest BCUT2D eigenvalue weighted by Gasteiger charge is -2.06. The standard InChI is InChI=1S/C6H2Cl2F3NO2S/c7-3-1-2(9)4(5(10)11)6(12-3)15(8,13)14/h1,5H. The minimum absolute atomic E-state index is 0.481. The van der Waals surface area contributed by atoms with E-state index in [2.05, 4.69) is 4.98 Å². The van der Waals surface area contributed by atoms with E-state index in [1.807, 2.05) is 0 Å². The van der Waals surface area contributed by atoms with Crippen molar-refractivity contribution in [3.05, 3.63) is 22.6 Å². The first-order valence-electron chi connectivity index (χ1n) is 3.32. The zero-order valence-corrected chi connectivity index (χ0v) is 9.04. The van der Waals surface area contributed by atoms with Gasteiger partial charge >= 0.3 is 0 Å². The normalized spacial score (nSPS) is 12.1. The van der Waals surface area contributed by atoms with Gasteiger partial charge in [-0.05, 0) is 0 Å². The molecular weight excluding hydrogens is 278 g/mol. The first-order chi connectivity index (χ1) is 6.73. The van der Waals surface area contributed by atoms with Crippen molar-refractivity contribution in [1.29, 1.82) is 0 Å². The van der Waals surface area contributed by atoms with Gasteiger partial charge in [-0.3, -0.25) is 0 Å². The van der Waals surface area contributed by atoms with E-state index in [0.29, 0.717) is 6.07 Å². The van der Waals surface area contributed by atoms with Gasteiger partial charge in [-0.25, -0.2) is 26.6 Å². The first kappa shape index (κ1) is 12.5. The number of halogens is 5. The summed E-state index contributed by atoms with van der Waals surface area (Å²) in [5, 5.41) is -1.83. The van der Waals surface area contributed by atoms with Crippen molar-refractivity contribution in [2.75, 3.05) is 0 Å². The third-order valence-corrected chi connectivity index (χ3v) is 2.80. The molecule has 1 aromatic heterocycles. The molecule has 1 rings (SSSR count). The molecular formula is C6H2Cl2F3NO2S. The Morgan fingerprint density at radius 3 is 2.33 bits per heavy atom. The Morgan fingerprint density at radius 2 is 1.93 bits per heavy atom. The lowest BCUT2D eigenvalue weighted by molar-refractivity contribution is 0.141. The number of pyridine rings is 1. The second-order valence-electron chi connectivity index (χ2n) is 2.38. The van der Waals surface area contributed by atoms with Crippen LogP contribution < -0.4 is 0 Å². The maximum absolute atomic E-state index is 13.0. The number of aromatic nitrogens is 1. The van der Waals surface area contributed by atoms with E-state index in [1.165, 1.54) is 0 Å². The van der Waals surface area contributed by atoms with Gasteiger partial charge in [0.25, 0.3) is 15.5 Å². The van der Waals surface area contributed by atoms with Crippen LogP contribution in [0.3, 0.4) is 0 Å². The molecule has 0 radical (unpaired) electrons. The number of nitrogens with zero attached hydrogens (tertiary/aromatic N) is 1. The molecule has 0 aromatic carbocycles. The minimum atomic E-state index is -4.57. The molecule has 0 aliphatic heterocycles. The molecule has 0 amide bonds. The van der Waals surface area contributed by atoms with E-state index in [-0.39, 0.29) is 0 Å². The van der Waals surface area contributed by atoms with Crippen LogP contribution in [0.15, 0.2) is 11.1 Å². The lowest BCUT2D eigenvalue weighted by Crippen LogP contribution is -2.05. The van der Waals surface area contributed by atoms with E-state index < -0.39 is 37.0 Å². The van der Waals surface area contributed by atoms with Crippen molar-refractivity contribution in [2.45, 2.75) is 11.5 Å². The van der Waals surface area contributed by atoms with Crippen LogP contribution in [-0.4, -0.2) is 13.4 Å². The molecule has 0 fully saturated rings. The summed E-state index contributed by atoms with van der Waals surface area (Å²) in [5.41, 5.74) is -1.38. The molecule has 0 N–H and O–H groups in total. The summed E-state index contributed by atoms with van der Waals surface area (Å²) >= 11 is 5.21. The molecule has 84 valence electrons. The lowest BCUT2D eigenvalue weighted by atomic mass is 10.3. The van der Waals surface area contributed by atoms with E-state index in [1.54, 1.807) is 0 Å². The predicted molar refractivity (Wildman–Crippen MR) is 47.2 cm³/mol. The molecule has 1 aromatic rings. The number of hydrogen-bond acceptors (Lipinski definition) is 3. The highest BCUT2D eigenvalue weighted by Gasteiger charge is 2.28. The Balaban J connectivity index is 3.62. The second kappa shape index (κ2) is 4.15. The second-order valence-corrected chi connectivity index (χ2v) is 5.25. The maximum Gasteiger partial charge on any atom is 0.279 e. The zero-order chi connectivity index (χ0) is 11.8. The van der Waals surface area contributed by atoms with Crippen LogP contribution in [0.5, 0.6) is 0 Å². The van der Waals surface area contributed by atoms with Crippen LogP contribution in [0.2, 0.25) is 5.15 Å². The largest absolute Gasteiger partial charge is 0.279 e. The summed E-state index contributed by atoms with van der Waals surface area (Å²) in [5.74, 6) is -1.47. The van der Waals surface area contributed by atoms with Gasteiger partial charge in [-0.15, -0.1) is 0 Å². The zero-order valence-electron chi connectivity index (χ0n) is 6.72. The molecule has 0 spiro atoms. The molecule has 0 saturated heterocycles. The number of hydrogen-bond donors (Lipinski definition) is 0. The van der Waals surface area contributed by atoms with Crippen LogP contribution in [0.4, 0.5) is 13.2 Å². The summed E-state index contributed by atoms with van der Waals surface area (Å²) in [7, 11) is 0.236. The van der Waals surface area contributed by atoms with E-state index in [9.17, 15) is 21.6 Å². The van der Waals surface area contributed by atoms with Gasteiger partial charge in [0, 0.05) is 16.7 Å². The third kappa shape index (κ3) is 2.73. The van der Waals surface area contributed by atoms with Gasteiger partial charge in [-0.1, -0.05) is 11.6 Å². The molecule has 1 heterocycles. The molecule has 0 atom stereocenters. The van der Waals surface area contributed by atoms with E-state index in [0.717, 1.165) is 0 Å². The van der Waals surface area contributed by atoms with Crippen molar-refractivity contribution < 1.29 is 21.6 Å². The Morgan fingerprint density at radius 1 is 1.40 bits per heavy atom. The van der Waals surface area contributed by atoms with Crippen LogP contribution in [0.25, 0.3) is 0 Å². The third-order valence-electron chi connectivity index (χ3n) is 1.39. The maximum atomic E-state index is 13.0. The first-order valence-corrected chi connectivity index (χ1v) is 6.01. The van der Waals surface area contributed by atoms with Crippen molar-refractivity contribution >= 4 is 31.3 Å². The fraction of sp³-hybridized carbons (Fsp3) is 0.167. The van der Waals surface area contributed by atoms with Crippen LogP contribution in [0, 0.1) is 5.82 Å². The fourth-order valence-electron chi connectivity index (χ4n) is 0.857. The Kier molecular flexibility index (Phi) is 3.47. The molecule has 3 nitrogen and oxygen atoms in total. The summed E-state index contributed by atoms with van der Waals surface area (Å²) in [6, 6.07) is 0.481. The van der Waals surface area contributed by atoms with Crippen LogP contribution >= 0.6 is 22.3 Å². The van der Waals surface area contributed by atoms with Gasteiger partial charge < -0.3 is 0 Å². The smallest absolute Gasteiger partial charge is 0.223 e.